The lowest BCUT2D eigenvalue weighted by Crippen LogP contribution is -2.42. The summed E-state index contributed by atoms with van der Waals surface area (Å²) >= 11 is 0. The Balaban J connectivity index is 1.72. The second-order valence-electron chi connectivity index (χ2n) is 8.63. The van der Waals surface area contributed by atoms with E-state index in [9.17, 15) is 9.59 Å². The highest BCUT2D eigenvalue weighted by Crippen LogP contribution is 2.27. The molecule has 6 heteroatoms. The van der Waals surface area contributed by atoms with Crippen LogP contribution in [0.5, 0.6) is 0 Å². The lowest BCUT2D eigenvalue weighted by Gasteiger charge is -2.30. The maximum absolute atomic E-state index is 13.7. The van der Waals surface area contributed by atoms with Gasteiger partial charge in [0.2, 0.25) is 0 Å². The lowest BCUT2D eigenvalue weighted by molar-refractivity contribution is 0.0871. The number of benzene rings is 2. The molecule has 2 aromatic carbocycles. The van der Waals surface area contributed by atoms with E-state index in [0.717, 1.165) is 11.1 Å². The van der Waals surface area contributed by atoms with Crippen molar-refractivity contribution in [3.05, 3.63) is 99.2 Å². The topological polar surface area (TPSA) is 64.4 Å². The van der Waals surface area contributed by atoms with Gasteiger partial charge in [-0.15, -0.1) is 0 Å². The van der Waals surface area contributed by atoms with E-state index in [1.807, 2.05) is 81.4 Å². The highest BCUT2D eigenvalue weighted by Gasteiger charge is 2.29. The molecule has 0 aliphatic carbocycles. The fraction of sp³-hybridized carbons (Fsp3) is 0.346. The van der Waals surface area contributed by atoms with Crippen LogP contribution in [0.4, 0.5) is 4.79 Å². The summed E-state index contributed by atoms with van der Waals surface area (Å²) in [4.78, 5) is 32.5. The average molecular weight is 432 g/mol. The molecule has 0 saturated carbocycles. The molecular formula is C26H29N3O3. The van der Waals surface area contributed by atoms with Crippen molar-refractivity contribution < 1.29 is 9.53 Å². The highest BCUT2D eigenvalue weighted by molar-refractivity contribution is 5.68. The predicted octanol–water partition coefficient (Wildman–Crippen LogP) is 4.34. The van der Waals surface area contributed by atoms with Crippen LogP contribution < -0.4 is 5.56 Å². The number of aryl methyl sites for hydroxylation is 1. The molecule has 166 valence electrons. The average Bonchev–Trinajstić information content (AvgIpc) is 2.81. The van der Waals surface area contributed by atoms with E-state index in [-0.39, 0.29) is 23.6 Å². The van der Waals surface area contributed by atoms with Gasteiger partial charge in [0.1, 0.15) is 5.82 Å². The van der Waals surface area contributed by atoms with Crippen molar-refractivity contribution in [3.8, 4) is 0 Å². The van der Waals surface area contributed by atoms with Crippen molar-refractivity contribution in [2.75, 3.05) is 13.2 Å². The molecule has 0 unspecified atom stereocenters. The van der Waals surface area contributed by atoms with Crippen LogP contribution in [0.1, 0.15) is 48.1 Å². The molecule has 0 N–H and O–H groups in total. The van der Waals surface area contributed by atoms with Gasteiger partial charge in [0, 0.05) is 12.1 Å². The second kappa shape index (κ2) is 9.39. The number of hydrogen-bond donors (Lipinski definition) is 0. The van der Waals surface area contributed by atoms with Crippen LogP contribution in [0, 0.1) is 12.8 Å². The number of ether oxygens (including phenoxy) is 1. The number of amides is 1. The van der Waals surface area contributed by atoms with Gasteiger partial charge < -0.3 is 9.64 Å². The van der Waals surface area contributed by atoms with Crippen LogP contribution in [-0.4, -0.2) is 33.7 Å². The maximum Gasteiger partial charge on any atom is 0.410 e. The first kappa shape index (κ1) is 21.8. The molecule has 0 radical (unpaired) electrons. The third-order valence-electron chi connectivity index (χ3n) is 5.73. The molecule has 1 amide bonds. The predicted molar refractivity (Wildman–Crippen MR) is 124 cm³/mol. The van der Waals surface area contributed by atoms with Crippen molar-refractivity contribution >= 4 is 6.09 Å². The molecule has 1 aromatic heterocycles. The van der Waals surface area contributed by atoms with Gasteiger partial charge in [-0.1, -0.05) is 74.5 Å². The number of nitrogens with zero attached hydrogens (tertiary/aromatic N) is 3. The summed E-state index contributed by atoms with van der Waals surface area (Å²) < 4.78 is 7.16. The zero-order chi connectivity index (χ0) is 22.7. The van der Waals surface area contributed by atoms with Crippen molar-refractivity contribution in [2.45, 2.75) is 39.8 Å². The van der Waals surface area contributed by atoms with Gasteiger partial charge in [0.15, 0.2) is 0 Å². The minimum absolute atomic E-state index is 0.0413. The van der Waals surface area contributed by atoms with Gasteiger partial charge in [-0.2, -0.15) is 0 Å². The first-order valence-corrected chi connectivity index (χ1v) is 11.1. The SMILES string of the molecule is Cc1nc2c(c(=O)n1C(c1ccccc1)c1ccccc1)CCN(C(=O)OCC(C)C)C2. The van der Waals surface area contributed by atoms with Crippen LogP contribution in [0.3, 0.4) is 0 Å². The zero-order valence-electron chi connectivity index (χ0n) is 18.8. The number of carbonyl (C=O) groups is 1. The van der Waals surface area contributed by atoms with Gasteiger partial charge in [-0.25, -0.2) is 9.78 Å². The summed E-state index contributed by atoms with van der Waals surface area (Å²) in [7, 11) is 0. The van der Waals surface area contributed by atoms with E-state index in [1.165, 1.54) is 0 Å². The molecule has 2 heterocycles. The number of fused-ring (bicyclic) bond motifs is 1. The molecule has 6 nitrogen and oxygen atoms in total. The van der Waals surface area contributed by atoms with Crippen molar-refractivity contribution in [2.24, 2.45) is 5.92 Å². The largest absolute Gasteiger partial charge is 0.449 e. The molecule has 1 aliphatic rings. The van der Waals surface area contributed by atoms with Crippen molar-refractivity contribution in [1.29, 1.82) is 0 Å². The third-order valence-corrected chi connectivity index (χ3v) is 5.73. The highest BCUT2D eigenvalue weighted by atomic mass is 16.6. The first-order valence-electron chi connectivity index (χ1n) is 11.1. The maximum atomic E-state index is 13.7. The fourth-order valence-electron chi connectivity index (χ4n) is 4.17. The third kappa shape index (κ3) is 4.44. The second-order valence-corrected chi connectivity index (χ2v) is 8.63. The van der Waals surface area contributed by atoms with Crippen molar-refractivity contribution in [1.82, 2.24) is 14.5 Å². The Morgan fingerprint density at radius 1 is 1.03 bits per heavy atom. The Morgan fingerprint density at radius 2 is 1.62 bits per heavy atom. The summed E-state index contributed by atoms with van der Waals surface area (Å²) in [6, 6.07) is 19.8. The summed E-state index contributed by atoms with van der Waals surface area (Å²) in [5, 5.41) is 0. The summed E-state index contributed by atoms with van der Waals surface area (Å²) in [5.74, 6) is 0.903. The van der Waals surface area contributed by atoms with E-state index < -0.39 is 0 Å². The molecule has 0 spiro atoms. The fourth-order valence-corrected chi connectivity index (χ4v) is 4.17. The Hall–Kier alpha value is -3.41. The smallest absolute Gasteiger partial charge is 0.410 e. The quantitative estimate of drug-likeness (QED) is 0.603. The molecular weight excluding hydrogens is 402 g/mol. The van der Waals surface area contributed by atoms with Crippen LogP contribution in [-0.2, 0) is 17.7 Å². The van der Waals surface area contributed by atoms with Crippen LogP contribution >= 0.6 is 0 Å². The summed E-state index contributed by atoms with van der Waals surface area (Å²) in [6.45, 7) is 6.99. The Morgan fingerprint density at radius 3 is 2.19 bits per heavy atom. The number of hydrogen-bond acceptors (Lipinski definition) is 4. The Kier molecular flexibility index (Phi) is 6.40. The number of aromatic nitrogens is 2. The van der Waals surface area contributed by atoms with Gasteiger partial charge >= 0.3 is 6.09 Å². The summed E-state index contributed by atoms with van der Waals surface area (Å²) in [6.07, 6.45) is 0.119. The molecule has 0 fully saturated rings. The Bertz CT molecular complexity index is 1100. The molecule has 3 aromatic rings. The van der Waals surface area contributed by atoms with E-state index >= 15 is 0 Å². The van der Waals surface area contributed by atoms with Gasteiger partial charge in [0.25, 0.3) is 5.56 Å². The van der Waals surface area contributed by atoms with Crippen LogP contribution in [0.2, 0.25) is 0 Å². The molecule has 32 heavy (non-hydrogen) atoms. The van der Waals surface area contributed by atoms with E-state index in [1.54, 1.807) is 9.47 Å². The zero-order valence-corrected chi connectivity index (χ0v) is 18.8. The van der Waals surface area contributed by atoms with E-state index in [4.69, 9.17) is 9.72 Å². The Labute approximate surface area is 188 Å². The monoisotopic (exact) mass is 431 g/mol. The molecule has 4 rings (SSSR count). The van der Waals surface area contributed by atoms with Gasteiger partial charge in [-0.3, -0.25) is 9.36 Å². The molecule has 0 bridgehead atoms. The normalized spacial score (nSPS) is 13.3. The number of rotatable bonds is 5. The van der Waals surface area contributed by atoms with Crippen molar-refractivity contribution in [3.63, 3.8) is 0 Å². The van der Waals surface area contributed by atoms with Crippen LogP contribution in [0.25, 0.3) is 0 Å². The van der Waals surface area contributed by atoms with E-state index in [0.29, 0.717) is 43.2 Å². The van der Waals surface area contributed by atoms with Gasteiger partial charge in [-0.05, 0) is 30.4 Å². The lowest BCUT2D eigenvalue weighted by atomic mass is 9.97. The van der Waals surface area contributed by atoms with Crippen LogP contribution in [0.15, 0.2) is 65.5 Å². The summed E-state index contributed by atoms with van der Waals surface area (Å²) in [5.41, 5.74) is 3.36. The molecule has 0 atom stereocenters. The minimum atomic E-state index is -0.348. The van der Waals surface area contributed by atoms with E-state index in [2.05, 4.69) is 0 Å². The number of carbonyl (C=O) groups excluding carboxylic acids is 1. The minimum Gasteiger partial charge on any atom is -0.449 e. The molecule has 1 aliphatic heterocycles. The van der Waals surface area contributed by atoms with Gasteiger partial charge in [0.05, 0.1) is 24.9 Å². The first-order chi connectivity index (χ1) is 15.5. The molecule has 0 saturated heterocycles. The standard InChI is InChI=1S/C26H29N3O3/c1-18(2)17-32-26(31)28-15-14-22-23(16-28)27-19(3)29(25(22)30)24(20-10-6-4-7-11-20)21-12-8-5-9-13-21/h4-13,18,24H,14-17H2,1-3H3.